The molecule has 1 aromatic rings. The zero-order valence-electron chi connectivity index (χ0n) is 14.1. The first-order chi connectivity index (χ1) is 10.6. The van der Waals surface area contributed by atoms with Gasteiger partial charge >= 0.3 is 0 Å². The van der Waals surface area contributed by atoms with Crippen molar-refractivity contribution in [3.05, 3.63) is 18.2 Å². The van der Waals surface area contributed by atoms with Gasteiger partial charge in [-0.3, -0.25) is 0 Å². The third kappa shape index (κ3) is 6.10. The second kappa shape index (κ2) is 10.3. The lowest BCUT2D eigenvalue weighted by Gasteiger charge is -2.18. The second-order valence-corrected chi connectivity index (χ2v) is 5.73. The summed E-state index contributed by atoms with van der Waals surface area (Å²) in [5.41, 5.74) is 0.806. The number of hydrogen-bond donors (Lipinski definition) is 2. The quantitative estimate of drug-likeness (QED) is 0.666. The Morgan fingerprint density at radius 2 is 2.00 bits per heavy atom. The molecule has 0 aliphatic heterocycles. The summed E-state index contributed by atoms with van der Waals surface area (Å²) in [6.45, 7) is 5.35. The number of ether oxygens (including phenoxy) is 2. The number of hydrogen-bond acceptors (Lipinski definition) is 3. The van der Waals surface area contributed by atoms with Crippen molar-refractivity contribution in [2.75, 3.05) is 26.1 Å². The van der Waals surface area contributed by atoms with E-state index in [0.29, 0.717) is 11.0 Å². The van der Waals surface area contributed by atoms with E-state index in [0.717, 1.165) is 30.2 Å². The highest BCUT2D eigenvalue weighted by molar-refractivity contribution is 7.80. The van der Waals surface area contributed by atoms with Gasteiger partial charge in [0.1, 0.15) is 11.5 Å². The van der Waals surface area contributed by atoms with Crippen LogP contribution < -0.4 is 20.1 Å². The molecule has 0 bridgehead atoms. The minimum Gasteiger partial charge on any atom is -0.497 e. The van der Waals surface area contributed by atoms with Crippen LogP contribution in [-0.2, 0) is 0 Å². The molecule has 4 nitrogen and oxygen atoms in total. The van der Waals surface area contributed by atoms with Crippen molar-refractivity contribution >= 4 is 23.0 Å². The summed E-state index contributed by atoms with van der Waals surface area (Å²) in [5.74, 6) is 2.16. The highest BCUT2D eigenvalue weighted by atomic mass is 32.1. The zero-order valence-corrected chi connectivity index (χ0v) is 14.9. The fraction of sp³-hybridized carbons (Fsp3) is 0.588. The lowest BCUT2D eigenvalue weighted by molar-refractivity contribution is 0.405. The molecule has 1 rings (SSSR count). The first kappa shape index (κ1) is 18.6. The van der Waals surface area contributed by atoms with Gasteiger partial charge in [-0.2, -0.15) is 0 Å². The fourth-order valence-corrected chi connectivity index (χ4v) is 2.45. The topological polar surface area (TPSA) is 42.5 Å². The van der Waals surface area contributed by atoms with Crippen LogP contribution in [0, 0.1) is 5.92 Å². The number of rotatable bonds is 9. The third-order valence-electron chi connectivity index (χ3n) is 3.75. The Morgan fingerprint density at radius 1 is 1.23 bits per heavy atom. The zero-order chi connectivity index (χ0) is 16.4. The molecule has 2 N–H and O–H groups in total. The Labute approximate surface area is 139 Å². The van der Waals surface area contributed by atoms with Crippen molar-refractivity contribution in [3.8, 4) is 11.5 Å². The largest absolute Gasteiger partial charge is 0.497 e. The van der Waals surface area contributed by atoms with Gasteiger partial charge in [0.05, 0.1) is 19.9 Å². The Hall–Kier alpha value is -1.49. The molecule has 0 fully saturated rings. The lowest BCUT2D eigenvalue weighted by Crippen LogP contribution is -2.32. The SMILES string of the molecule is CCCC[C@H](CC)CNC(=S)Nc1cc(OC)ccc1OC. The molecule has 0 aliphatic rings. The molecular weight excluding hydrogens is 296 g/mol. The van der Waals surface area contributed by atoms with E-state index < -0.39 is 0 Å². The molecule has 0 unspecified atom stereocenters. The van der Waals surface area contributed by atoms with E-state index in [-0.39, 0.29) is 0 Å². The second-order valence-electron chi connectivity index (χ2n) is 5.32. The monoisotopic (exact) mass is 324 g/mol. The normalized spacial score (nSPS) is 11.6. The van der Waals surface area contributed by atoms with Crippen molar-refractivity contribution < 1.29 is 9.47 Å². The van der Waals surface area contributed by atoms with E-state index in [1.807, 2.05) is 18.2 Å². The molecule has 0 aromatic heterocycles. The maximum Gasteiger partial charge on any atom is 0.170 e. The van der Waals surface area contributed by atoms with Crippen LogP contribution in [0.25, 0.3) is 0 Å². The first-order valence-corrected chi connectivity index (χ1v) is 8.32. The molecule has 0 radical (unpaired) electrons. The average Bonchev–Trinajstić information content (AvgIpc) is 2.54. The first-order valence-electron chi connectivity index (χ1n) is 7.91. The Morgan fingerprint density at radius 3 is 2.59 bits per heavy atom. The molecule has 0 saturated heterocycles. The minimum atomic E-state index is 0.613. The van der Waals surface area contributed by atoms with Crippen LogP contribution in [0.15, 0.2) is 18.2 Å². The molecule has 5 heteroatoms. The maximum absolute atomic E-state index is 5.38. The summed E-state index contributed by atoms with van der Waals surface area (Å²) >= 11 is 5.38. The van der Waals surface area contributed by atoms with E-state index in [9.17, 15) is 0 Å². The number of benzene rings is 1. The van der Waals surface area contributed by atoms with Crippen molar-refractivity contribution in [1.29, 1.82) is 0 Å². The van der Waals surface area contributed by atoms with Gasteiger partial charge in [0.2, 0.25) is 0 Å². The highest BCUT2D eigenvalue weighted by Gasteiger charge is 2.09. The summed E-state index contributed by atoms with van der Waals surface area (Å²) in [6.07, 6.45) is 4.91. The predicted molar refractivity (Wildman–Crippen MR) is 97.1 cm³/mol. The van der Waals surface area contributed by atoms with Gasteiger partial charge < -0.3 is 20.1 Å². The van der Waals surface area contributed by atoms with Crippen LogP contribution in [-0.4, -0.2) is 25.9 Å². The van der Waals surface area contributed by atoms with Crippen LogP contribution in [0.5, 0.6) is 11.5 Å². The molecule has 0 heterocycles. The van der Waals surface area contributed by atoms with Gasteiger partial charge in [-0.05, 0) is 36.7 Å². The molecule has 0 amide bonds. The predicted octanol–water partition coefficient (Wildman–Crippen LogP) is 4.21. The van der Waals surface area contributed by atoms with Gasteiger partial charge in [-0.15, -0.1) is 0 Å². The number of methoxy groups -OCH3 is 2. The minimum absolute atomic E-state index is 0.613. The highest BCUT2D eigenvalue weighted by Crippen LogP contribution is 2.28. The van der Waals surface area contributed by atoms with Crippen molar-refractivity contribution in [1.82, 2.24) is 5.32 Å². The van der Waals surface area contributed by atoms with E-state index in [1.165, 1.54) is 19.3 Å². The molecule has 0 aliphatic carbocycles. The van der Waals surface area contributed by atoms with E-state index in [4.69, 9.17) is 21.7 Å². The Bertz CT molecular complexity index is 466. The van der Waals surface area contributed by atoms with Crippen molar-refractivity contribution in [2.45, 2.75) is 39.5 Å². The van der Waals surface area contributed by atoms with Crippen LogP contribution in [0.2, 0.25) is 0 Å². The number of anilines is 1. The number of unbranched alkanes of at least 4 members (excludes halogenated alkanes) is 1. The molecule has 124 valence electrons. The molecule has 1 aromatic carbocycles. The van der Waals surface area contributed by atoms with Gasteiger partial charge in [0.25, 0.3) is 0 Å². The molecule has 1 atom stereocenters. The van der Waals surface area contributed by atoms with Crippen molar-refractivity contribution in [3.63, 3.8) is 0 Å². The summed E-state index contributed by atoms with van der Waals surface area (Å²) in [6, 6.07) is 5.60. The Balaban J connectivity index is 2.57. The molecular formula is C17H28N2O2S. The summed E-state index contributed by atoms with van der Waals surface area (Å²) in [5, 5.41) is 7.10. The van der Waals surface area contributed by atoms with Gasteiger partial charge in [-0.1, -0.05) is 33.1 Å². The smallest absolute Gasteiger partial charge is 0.170 e. The average molecular weight is 324 g/mol. The van der Waals surface area contributed by atoms with Crippen molar-refractivity contribution in [2.24, 2.45) is 5.92 Å². The van der Waals surface area contributed by atoms with E-state index in [2.05, 4.69) is 24.5 Å². The molecule has 0 spiro atoms. The fourth-order valence-electron chi connectivity index (χ4n) is 2.26. The Kier molecular flexibility index (Phi) is 8.67. The lowest BCUT2D eigenvalue weighted by atomic mass is 9.99. The number of thiocarbonyl (C=S) groups is 1. The standard InChI is InChI=1S/C17H28N2O2S/c1-5-7-8-13(6-2)12-18-17(22)19-15-11-14(20-3)9-10-16(15)21-4/h9-11,13H,5-8,12H2,1-4H3,(H2,18,19,22)/t13-/m0/s1. The van der Waals surface area contributed by atoms with Crippen LogP contribution in [0.1, 0.15) is 39.5 Å². The summed E-state index contributed by atoms with van der Waals surface area (Å²) in [4.78, 5) is 0. The summed E-state index contributed by atoms with van der Waals surface area (Å²) < 4.78 is 10.6. The van der Waals surface area contributed by atoms with Crippen LogP contribution in [0.4, 0.5) is 5.69 Å². The summed E-state index contributed by atoms with van der Waals surface area (Å²) in [7, 11) is 3.28. The molecule has 22 heavy (non-hydrogen) atoms. The maximum atomic E-state index is 5.38. The van der Waals surface area contributed by atoms with Crippen LogP contribution in [0.3, 0.4) is 0 Å². The molecule has 0 saturated carbocycles. The number of nitrogens with one attached hydrogen (secondary N) is 2. The third-order valence-corrected chi connectivity index (χ3v) is 4.00. The van der Waals surface area contributed by atoms with E-state index in [1.54, 1.807) is 14.2 Å². The van der Waals surface area contributed by atoms with Gasteiger partial charge in [0.15, 0.2) is 5.11 Å². The van der Waals surface area contributed by atoms with Crippen LogP contribution >= 0.6 is 12.2 Å². The van der Waals surface area contributed by atoms with Gasteiger partial charge in [-0.25, -0.2) is 0 Å². The van der Waals surface area contributed by atoms with E-state index >= 15 is 0 Å². The van der Waals surface area contributed by atoms with Gasteiger partial charge in [0, 0.05) is 12.6 Å².